The van der Waals surface area contributed by atoms with E-state index in [4.69, 9.17) is 4.74 Å². The number of aryl methyl sites for hydroxylation is 2. The van der Waals surface area contributed by atoms with Crippen LogP contribution in [0.3, 0.4) is 0 Å². The molecular weight excluding hydrogens is 304 g/mol. The van der Waals surface area contributed by atoms with Crippen molar-refractivity contribution >= 4 is 15.9 Å². The van der Waals surface area contributed by atoms with Crippen molar-refractivity contribution in [1.29, 1.82) is 0 Å². The highest BCUT2D eigenvalue weighted by Crippen LogP contribution is 2.23. The molecule has 0 aliphatic heterocycles. The molecule has 1 aromatic rings. The van der Waals surface area contributed by atoms with E-state index in [1.54, 1.807) is 12.1 Å². The van der Waals surface area contributed by atoms with E-state index in [2.05, 4.69) is 10.0 Å². The number of sulfonamides is 1. The van der Waals surface area contributed by atoms with Gasteiger partial charge in [-0.2, -0.15) is 0 Å². The lowest BCUT2D eigenvalue weighted by Gasteiger charge is -2.16. The summed E-state index contributed by atoms with van der Waals surface area (Å²) in [4.78, 5) is 11.8. The zero-order chi connectivity index (χ0) is 16.0. The van der Waals surface area contributed by atoms with Gasteiger partial charge >= 0.3 is 0 Å². The van der Waals surface area contributed by atoms with Gasteiger partial charge in [0.2, 0.25) is 15.9 Å². The second-order valence-electron chi connectivity index (χ2n) is 5.30. The van der Waals surface area contributed by atoms with Crippen molar-refractivity contribution in [1.82, 2.24) is 10.0 Å². The first kappa shape index (κ1) is 16.9. The molecule has 1 aliphatic carbocycles. The first-order valence-corrected chi connectivity index (χ1v) is 8.88. The van der Waals surface area contributed by atoms with Crippen LogP contribution in [0.1, 0.15) is 24.0 Å². The van der Waals surface area contributed by atoms with E-state index in [-0.39, 0.29) is 17.3 Å². The standard InChI is InChI=1S/C15H22N2O4S/c1-21-9-8-16-15(18)11-17-22(19,20)14-7-6-12-4-2-3-5-13(12)10-14/h6-7,10,17H,2-5,8-9,11H2,1H3,(H,16,18). The Morgan fingerprint density at radius 2 is 1.95 bits per heavy atom. The molecule has 0 atom stereocenters. The number of hydrogen-bond acceptors (Lipinski definition) is 4. The van der Waals surface area contributed by atoms with Crippen LogP contribution in [0.25, 0.3) is 0 Å². The second kappa shape index (κ2) is 7.71. The number of ether oxygens (including phenoxy) is 1. The normalized spacial score (nSPS) is 14.4. The number of carbonyl (C=O) groups is 1. The molecule has 22 heavy (non-hydrogen) atoms. The average molecular weight is 326 g/mol. The van der Waals surface area contributed by atoms with Gasteiger partial charge in [0.25, 0.3) is 0 Å². The third kappa shape index (κ3) is 4.53. The lowest BCUT2D eigenvalue weighted by atomic mass is 9.92. The second-order valence-corrected chi connectivity index (χ2v) is 7.07. The van der Waals surface area contributed by atoms with Gasteiger partial charge in [-0.15, -0.1) is 0 Å². The van der Waals surface area contributed by atoms with E-state index in [0.717, 1.165) is 31.2 Å². The highest BCUT2D eigenvalue weighted by molar-refractivity contribution is 7.89. The molecule has 7 heteroatoms. The van der Waals surface area contributed by atoms with Crippen molar-refractivity contribution in [2.45, 2.75) is 30.6 Å². The van der Waals surface area contributed by atoms with Crippen LogP contribution in [-0.4, -0.2) is 41.1 Å². The minimum absolute atomic E-state index is 0.220. The summed E-state index contributed by atoms with van der Waals surface area (Å²) in [6.07, 6.45) is 4.16. The van der Waals surface area contributed by atoms with Gasteiger partial charge in [-0.25, -0.2) is 13.1 Å². The molecule has 1 aliphatic rings. The molecule has 1 amide bonds. The molecule has 0 unspecified atom stereocenters. The van der Waals surface area contributed by atoms with Crippen molar-refractivity contribution in [2.75, 3.05) is 26.8 Å². The molecule has 0 bridgehead atoms. The van der Waals surface area contributed by atoms with Gasteiger partial charge in [0, 0.05) is 13.7 Å². The number of amides is 1. The fourth-order valence-electron chi connectivity index (χ4n) is 2.48. The van der Waals surface area contributed by atoms with Crippen LogP contribution in [0.4, 0.5) is 0 Å². The molecule has 2 rings (SSSR count). The van der Waals surface area contributed by atoms with Gasteiger partial charge in [-0.1, -0.05) is 6.07 Å². The van der Waals surface area contributed by atoms with E-state index in [0.29, 0.717) is 13.2 Å². The minimum Gasteiger partial charge on any atom is -0.383 e. The predicted octanol–water partition coefficient (Wildman–Crippen LogP) is 0.606. The van der Waals surface area contributed by atoms with Crippen molar-refractivity contribution in [3.63, 3.8) is 0 Å². The largest absolute Gasteiger partial charge is 0.383 e. The van der Waals surface area contributed by atoms with Crippen LogP contribution in [0.5, 0.6) is 0 Å². The zero-order valence-corrected chi connectivity index (χ0v) is 13.5. The van der Waals surface area contributed by atoms with Gasteiger partial charge in [0.05, 0.1) is 18.0 Å². The fraction of sp³-hybridized carbons (Fsp3) is 0.533. The summed E-state index contributed by atoms with van der Waals surface area (Å²) in [5.74, 6) is -0.376. The van der Waals surface area contributed by atoms with E-state index in [1.165, 1.54) is 12.7 Å². The Morgan fingerprint density at radius 1 is 1.23 bits per heavy atom. The molecular formula is C15H22N2O4S. The molecule has 0 spiro atoms. The van der Waals surface area contributed by atoms with Crippen LogP contribution in [0.2, 0.25) is 0 Å². The fourth-order valence-corrected chi connectivity index (χ4v) is 3.51. The smallest absolute Gasteiger partial charge is 0.241 e. The number of rotatable bonds is 7. The highest BCUT2D eigenvalue weighted by atomic mass is 32.2. The number of methoxy groups -OCH3 is 1. The quantitative estimate of drug-likeness (QED) is 0.719. The SMILES string of the molecule is COCCNC(=O)CNS(=O)(=O)c1ccc2c(c1)CCCC2. The van der Waals surface area contributed by atoms with E-state index in [9.17, 15) is 13.2 Å². The summed E-state index contributed by atoms with van der Waals surface area (Å²) in [6.45, 7) is 0.475. The monoisotopic (exact) mass is 326 g/mol. The third-order valence-corrected chi connectivity index (χ3v) is 5.08. The Balaban J connectivity index is 1.97. The molecule has 0 saturated heterocycles. The minimum atomic E-state index is -3.66. The van der Waals surface area contributed by atoms with Gasteiger partial charge in [0.15, 0.2) is 0 Å². The van der Waals surface area contributed by atoms with E-state index in [1.807, 2.05) is 6.07 Å². The Labute approximate surface area is 131 Å². The summed E-state index contributed by atoms with van der Waals surface area (Å²) in [5, 5.41) is 2.57. The molecule has 0 heterocycles. The van der Waals surface area contributed by atoms with Crippen LogP contribution < -0.4 is 10.0 Å². The third-order valence-electron chi connectivity index (χ3n) is 3.68. The van der Waals surface area contributed by atoms with E-state index >= 15 is 0 Å². The molecule has 0 radical (unpaired) electrons. The summed E-state index contributed by atoms with van der Waals surface area (Å²) in [6, 6.07) is 5.21. The van der Waals surface area contributed by atoms with Crippen LogP contribution in [0.15, 0.2) is 23.1 Å². The lowest BCUT2D eigenvalue weighted by molar-refractivity contribution is -0.120. The Kier molecular flexibility index (Phi) is 5.93. The Hall–Kier alpha value is -1.44. The molecule has 0 fully saturated rings. The molecule has 122 valence electrons. The maximum atomic E-state index is 12.2. The lowest BCUT2D eigenvalue weighted by Crippen LogP contribution is -2.38. The number of nitrogens with one attached hydrogen (secondary N) is 2. The van der Waals surface area contributed by atoms with Crippen molar-refractivity contribution < 1.29 is 17.9 Å². The van der Waals surface area contributed by atoms with Gasteiger partial charge in [-0.3, -0.25) is 4.79 Å². The van der Waals surface area contributed by atoms with Crippen molar-refractivity contribution in [3.8, 4) is 0 Å². The van der Waals surface area contributed by atoms with Gasteiger partial charge in [-0.05, 0) is 48.9 Å². The number of fused-ring (bicyclic) bond motifs is 1. The summed E-state index contributed by atoms with van der Waals surface area (Å²) >= 11 is 0. The average Bonchev–Trinajstić information content (AvgIpc) is 2.53. The molecule has 0 saturated carbocycles. The van der Waals surface area contributed by atoms with Crippen molar-refractivity contribution in [3.05, 3.63) is 29.3 Å². The number of carbonyl (C=O) groups excluding carboxylic acids is 1. The Morgan fingerprint density at radius 3 is 2.68 bits per heavy atom. The van der Waals surface area contributed by atoms with Crippen LogP contribution >= 0.6 is 0 Å². The summed E-state index contributed by atoms with van der Waals surface area (Å²) in [5.41, 5.74) is 2.32. The summed E-state index contributed by atoms with van der Waals surface area (Å²) < 4.78 is 31.6. The number of benzene rings is 1. The predicted molar refractivity (Wildman–Crippen MR) is 83.2 cm³/mol. The van der Waals surface area contributed by atoms with E-state index < -0.39 is 10.0 Å². The first-order valence-electron chi connectivity index (χ1n) is 7.40. The maximum Gasteiger partial charge on any atom is 0.241 e. The maximum absolute atomic E-state index is 12.2. The molecule has 1 aromatic carbocycles. The number of hydrogen-bond donors (Lipinski definition) is 2. The topological polar surface area (TPSA) is 84.5 Å². The molecule has 0 aromatic heterocycles. The van der Waals surface area contributed by atoms with Gasteiger partial charge in [0.1, 0.15) is 0 Å². The molecule has 6 nitrogen and oxygen atoms in total. The van der Waals surface area contributed by atoms with Crippen LogP contribution in [0, 0.1) is 0 Å². The highest BCUT2D eigenvalue weighted by Gasteiger charge is 2.18. The Bertz CT molecular complexity index is 628. The van der Waals surface area contributed by atoms with Crippen LogP contribution in [-0.2, 0) is 32.4 Å². The van der Waals surface area contributed by atoms with Crippen molar-refractivity contribution in [2.24, 2.45) is 0 Å². The first-order chi connectivity index (χ1) is 10.5. The molecule has 2 N–H and O–H groups in total. The zero-order valence-electron chi connectivity index (χ0n) is 12.7. The van der Waals surface area contributed by atoms with Gasteiger partial charge < -0.3 is 10.1 Å². The summed E-state index contributed by atoms with van der Waals surface area (Å²) in [7, 11) is -2.13.